The molecular formula is C38H60O13. The Morgan fingerprint density at radius 3 is 2.39 bits per heavy atom. The molecule has 4 saturated carbocycles. The van der Waals surface area contributed by atoms with Crippen molar-refractivity contribution in [1.29, 1.82) is 0 Å². The second-order valence-corrected chi connectivity index (χ2v) is 17.6. The van der Waals surface area contributed by atoms with E-state index in [1.165, 1.54) is 5.57 Å². The van der Waals surface area contributed by atoms with E-state index in [2.05, 4.69) is 20.8 Å². The number of carbonyl (C=O) groups excluding carboxylic acids is 1. The SMILES string of the molecule is CC1=C(CCC(C)COC2OC(CO)C(O)C(O)C2O)OC2CC3C4CC(OC5OCC(O)C(O)C5O)C5CC(=O)CCC5(C)C4CCC3(C)C12. The largest absolute Gasteiger partial charge is 0.494 e. The maximum atomic E-state index is 12.8. The van der Waals surface area contributed by atoms with Gasteiger partial charge in [-0.15, -0.1) is 0 Å². The van der Waals surface area contributed by atoms with Crippen LogP contribution in [0.15, 0.2) is 11.3 Å². The molecule has 7 rings (SSSR count). The van der Waals surface area contributed by atoms with Crippen LogP contribution in [0.4, 0.5) is 0 Å². The first-order valence-corrected chi connectivity index (χ1v) is 19.3. The van der Waals surface area contributed by atoms with Crippen molar-refractivity contribution in [1.82, 2.24) is 0 Å². The summed E-state index contributed by atoms with van der Waals surface area (Å²) in [6, 6.07) is 0. The van der Waals surface area contributed by atoms with Crippen molar-refractivity contribution in [3.05, 3.63) is 11.3 Å². The number of allylic oxidation sites excluding steroid dienone is 1. The Morgan fingerprint density at radius 1 is 0.902 bits per heavy atom. The van der Waals surface area contributed by atoms with Gasteiger partial charge in [-0.2, -0.15) is 0 Å². The van der Waals surface area contributed by atoms with E-state index in [0.29, 0.717) is 36.5 Å². The van der Waals surface area contributed by atoms with E-state index >= 15 is 0 Å². The molecule has 0 spiro atoms. The van der Waals surface area contributed by atoms with Gasteiger partial charge < -0.3 is 59.4 Å². The summed E-state index contributed by atoms with van der Waals surface area (Å²) in [6.45, 7) is 8.68. The predicted molar refractivity (Wildman–Crippen MR) is 179 cm³/mol. The van der Waals surface area contributed by atoms with E-state index in [9.17, 15) is 40.5 Å². The van der Waals surface area contributed by atoms with E-state index in [0.717, 1.165) is 50.7 Å². The summed E-state index contributed by atoms with van der Waals surface area (Å²) in [5, 5.41) is 71.1. The molecule has 2 saturated heterocycles. The number of rotatable bonds is 9. The smallest absolute Gasteiger partial charge is 0.186 e. The lowest BCUT2D eigenvalue weighted by atomic mass is 9.44. The van der Waals surface area contributed by atoms with Crippen LogP contribution in [0.5, 0.6) is 0 Å². The third-order valence-electron chi connectivity index (χ3n) is 14.7. The summed E-state index contributed by atoms with van der Waals surface area (Å²) in [4.78, 5) is 12.8. The maximum absolute atomic E-state index is 12.8. The fourth-order valence-corrected chi connectivity index (χ4v) is 11.8. The predicted octanol–water partition coefficient (Wildman–Crippen LogP) is 1.16. The number of fused-ring (bicyclic) bond motifs is 7. The molecule has 4 aliphatic carbocycles. The minimum absolute atomic E-state index is 0.00112. The topological polar surface area (TPSA) is 205 Å². The molecule has 19 unspecified atom stereocenters. The first-order chi connectivity index (χ1) is 24.2. The third kappa shape index (κ3) is 6.53. The second-order valence-electron chi connectivity index (χ2n) is 17.6. The summed E-state index contributed by atoms with van der Waals surface area (Å²) in [7, 11) is 0. The lowest BCUT2D eigenvalue weighted by Crippen LogP contribution is -2.60. The number of hydrogen-bond donors (Lipinski definition) is 7. The highest BCUT2D eigenvalue weighted by molar-refractivity contribution is 5.79. The molecule has 6 fully saturated rings. The lowest BCUT2D eigenvalue weighted by molar-refractivity contribution is -0.303. The number of carbonyl (C=O) groups is 1. The van der Waals surface area contributed by atoms with Gasteiger partial charge in [-0.1, -0.05) is 20.8 Å². The van der Waals surface area contributed by atoms with Crippen molar-refractivity contribution in [2.75, 3.05) is 19.8 Å². The Morgan fingerprint density at radius 2 is 1.65 bits per heavy atom. The molecule has 19 atom stereocenters. The van der Waals surface area contributed by atoms with Gasteiger partial charge in [0, 0.05) is 25.2 Å². The molecule has 0 radical (unpaired) electrons. The van der Waals surface area contributed by atoms with Gasteiger partial charge in [-0.25, -0.2) is 0 Å². The van der Waals surface area contributed by atoms with Crippen LogP contribution in [0.25, 0.3) is 0 Å². The fourth-order valence-electron chi connectivity index (χ4n) is 11.8. The van der Waals surface area contributed by atoms with Gasteiger partial charge in [-0.05, 0) is 91.4 Å². The molecule has 0 aromatic heterocycles. The molecule has 13 nitrogen and oxygen atoms in total. The van der Waals surface area contributed by atoms with Crippen LogP contribution >= 0.6 is 0 Å². The van der Waals surface area contributed by atoms with E-state index in [1.807, 2.05) is 6.92 Å². The average molecular weight is 725 g/mol. The van der Waals surface area contributed by atoms with Gasteiger partial charge in [0.2, 0.25) is 0 Å². The van der Waals surface area contributed by atoms with Gasteiger partial charge in [0.1, 0.15) is 54.6 Å². The Kier molecular flexibility index (Phi) is 10.8. The summed E-state index contributed by atoms with van der Waals surface area (Å²) >= 11 is 0. The molecule has 0 bridgehead atoms. The first-order valence-electron chi connectivity index (χ1n) is 19.3. The maximum Gasteiger partial charge on any atom is 0.186 e. The van der Waals surface area contributed by atoms with Crippen LogP contribution in [-0.2, 0) is 28.5 Å². The van der Waals surface area contributed by atoms with Crippen LogP contribution in [0, 0.1) is 46.3 Å². The second kappa shape index (κ2) is 14.4. The fraction of sp³-hybridized carbons (Fsp3) is 0.921. The normalized spacial score (nSPS) is 51.7. The number of aliphatic hydroxyl groups excluding tert-OH is 7. The Bertz CT molecular complexity index is 1310. The van der Waals surface area contributed by atoms with E-state index < -0.39 is 61.9 Å². The quantitative estimate of drug-likeness (QED) is 0.167. The highest BCUT2D eigenvalue weighted by atomic mass is 16.7. The minimum atomic E-state index is -1.47. The number of hydrogen-bond acceptors (Lipinski definition) is 13. The number of ether oxygens (including phenoxy) is 5. The van der Waals surface area contributed by atoms with Crippen molar-refractivity contribution in [3.8, 4) is 0 Å². The van der Waals surface area contributed by atoms with Crippen molar-refractivity contribution >= 4 is 5.78 Å². The van der Waals surface area contributed by atoms with Crippen LogP contribution in [0.2, 0.25) is 0 Å². The molecular weight excluding hydrogens is 664 g/mol. The third-order valence-corrected chi connectivity index (χ3v) is 14.7. The van der Waals surface area contributed by atoms with Crippen LogP contribution in [0.3, 0.4) is 0 Å². The molecule has 3 aliphatic heterocycles. The molecule has 0 aromatic carbocycles. The average Bonchev–Trinajstić information content (AvgIpc) is 3.59. The zero-order valence-corrected chi connectivity index (χ0v) is 30.4. The highest BCUT2D eigenvalue weighted by Crippen LogP contribution is 2.70. The number of Topliss-reactive ketones (excluding diaryl/α,β-unsaturated/α-hetero) is 1. The molecule has 7 N–H and O–H groups in total. The highest BCUT2D eigenvalue weighted by Gasteiger charge is 2.66. The lowest BCUT2D eigenvalue weighted by Gasteiger charge is -2.62. The Hall–Kier alpha value is -1.23. The first kappa shape index (κ1) is 38.1. The molecule has 0 aromatic rings. The zero-order chi connectivity index (χ0) is 36.6. The summed E-state index contributed by atoms with van der Waals surface area (Å²) in [5.74, 6) is 2.88. The van der Waals surface area contributed by atoms with E-state index in [-0.39, 0.29) is 53.9 Å². The Labute approximate surface area is 300 Å². The van der Waals surface area contributed by atoms with Gasteiger partial charge in [0.05, 0.1) is 31.7 Å². The van der Waals surface area contributed by atoms with Crippen molar-refractivity contribution in [3.63, 3.8) is 0 Å². The van der Waals surface area contributed by atoms with Gasteiger partial charge >= 0.3 is 0 Å². The zero-order valence-electron chi connectivity index (χ0n) is 30.4. The van der Waals surface area contributed by atoms with Gasteiger partial charge in [0.15, 0.2) is 12.6 Å². The summed E-state index contributed by atoms with van der Waals surface area (Å²) in [5.41, 5.74) is 1.26. The van der Waals surface area contributed by atoms with Gasteiger partial charge in [0.25, 0.3) is 0 Å². The van der Waals surface area contributed by atoms with Crippen LogP contribution < -0.4 is 0 Å². The van der Waals surface area contributed by atoms with E-state index in [1.54, 1.807) is 0 Å². The molecule has 0 amide bonds. The van der Waals surface area contributed by atoms with Crippen molar-refractivity contribution in [2.45, 2.75) is 153 Å². The van der Waals surface area contributed by atoms with E-state index in [4.69, 9.17) is 23.7 Å². The standard InChI is InChI=1S/C38H60O13/c1-17(15-47-36-34(46)32(44)31(43)28(14-39)51-36)5-6-25-18(2)29-27(49-25)13-22-20-12-26(50-35-33(45)30(42)24(41)16-48-35)23-11-19(40)7-9-37(23,3)21(20)8-10-38(22,29)4/h17,20-24,26-36,39,41-46H,5-16H2,1-4H3. The van der Waals surface area contributed by atoms with Crippen molar-refractivity contribution < 1.29 is 64.2 Å². The molecule has 7 aliphatic rings. The summed E-state index contributed by atoms with van der Waals surface area (Å²) < 4.78 is 30.3. The molecule has 290 valence electrons. The number of aliphatic hydroxyl groups is 7. The van der Waals surface area contributed by atoms with Gasteiger partial charge in [-0.3, -0.25) is 4.79 Å². The van der Waals surface area contributed by atoms with Crippen LogP contribution in [-0.4, -0.2) is 129 Å². The summed E-state index contributed by atoms with van der Waals surface area (Å²) in [6.07, 6.45) is -4.41. The number of ketones is 1. The van der Waals surface area contributed by atoms with Crippen LogP contribution in [0.1, 0.15) is 85.5 Å². The molecule has 13 heteroatoms. The minimum Gasteiger partial charge on any atom is -0.494 e. The molecule has 3 heterocycles. The Balaban J connectivity index is 1.02. The monoisotopic (exact) mass is 724 g/mol. The van der Waals surface area contributed by atoms with Crippen molar-refractivity contribution in [2.24, 2.45) is 46.3 Å². The molecule has 51 heavy (non-hydrogen) atoms.